The molecule has 1 aliphatic carbocycles. The van der Waals surface area contributed by atoms with E-state index in [2.05, 4.69) is 15.0 Å². The van der Waals surface area contributed by atoms with Crippen LogP contribution in [0.5, 0.6) is 0 Å². The van der Waals surface area contributed by atoms with Gasteiger partial charge in [0.1, 0.15) is 6.61 Å². The third-order valence-electron chi connectivity index (χ3n) is 2.69. The van der Waals surface area contributed by atoms with Gasteiger partial charge in [-0.15, -0.1) is 5.10 Å². The lowest BCUT2D eigenvalue weighted by molar-refractivity contribution is -0.174. The molecular weight excluding hydrogens is 249 g/mol. The summed E-state index contributed by atoms with van der Waals surface area (Å²) in [6, 6.07) is 0. The summed E-state index contributed by atoms with van der Waals surface area (Å²) in [6.07, 6.45) is -1.67. The summed E-state index contributed by atoms with van der Waals surface area (Å²) in [4.78, 5) is 0. The summed E-state index contributed by atoms with van der Waals surface area (Å²) in [5.41, 5.74) is 6.60. The Bertz CT molecular complexity index is 400. The lowest BCUT2D eigenvalue weighted by atomic mass is 10.3. The van der Waals surface area contributed by atoms with Crippen molar-refractivity contribution < 1.29 is 17.9 Å². The maximum absolute atomic E-state index is 11.8. The van der Waals surface area contributed by atoms with Crippen LogP contribution < -0.4 is 5.73 Å². The van der Waals surface area contributed by atoms with Crippen molar-refractivity contribution in [3.05, 3.63) is 5.69 Å². The van der Waals surface area contributed by atoms with Crippen molar-refractivity contribution in [3.63, 3.8) is 0 Å². The largest absolute Gasteiger partial charge is 0.411 e. The van der Waals surface area contributed by atoms with Crippen LogP contribution in [0.25, 0.3) is 0 Å². The highest BCUT2D eigenvalue weighted by Gasteiger charge is 2.30. The van der Waals surface area contributed by atoms with Crippen LogP contribution in [0.15, 0.2) is 0 Å². The molecule has 1 aliphatic rings. The van der Waals surface area contributed by atoms with Gasteiger partial charge in [-0.2, -0.15) is 13.2 Å². The number of rotatable bonds is 6. The number of halogens is 3. The summed E-state index contributed by atoms with van der Waals surface area (Å²) in [6.45, 7) is -0.681. The molecule has 0 aliphatic heterocycles. The van der Waals surface area contributed by atoms with E-state index in [1.54, 1.807) is 4.68 Å². The van der Waals surface area contributed by atoms with E-state index in [-0.39, 0.29) is 6.61 Å². The molecule has 0 unspecified atom stereocenters. The van der Waals surface area contributed by atoms with Gasteiger partial charge in [-0.1, -0.05) is 5.21 Å². The van der Waals surface area contributed by atoms with E-state index in [0.29, 0.717) is 24.7 Å². The highest BCUT2D eigenvalue weighted by Crippen LogP contribution is 2.41. The molecule has 102 valence electrons. The Morgan fingerprint density at radius 2 is 2.11 bits per heavy atom. The molecule has 5 nitrogen and oxygen atoms in total. The first-order chi connectivity index (χ1) is 8.47. The quantitative estimate of drug-likeness (QED) is 0.794. The van der Waals surface area contributed by atoms with Crippen LogP contribution in [-0.4, -0.2) is 34.4 Å². The zero-order valence-corrected chi connectivity index (χ0v) is 9.78. The molecule has 2 N–H and O–H groups in total. The molecule has 0 amide bonds. The van der Waals surface area contributed by atoms with E-state index in [0.717, 1.165) is 18.5 Å². The molecule has 1 aromatic rings. The minimum absolute atomic E-state index is 0.0450. The molecule has 0 saturated heterocycles. The monoisotopic (exact) mass is 264 g/mol. The molecule has 0 aromatic carbocycles. The fourth-order valence-corrected chi connectivity index (χ4v) is 1.78. The Morgan fingerprint density at radius 3 is 2.72 bits per heavy atom. The number of nitrogens with two attached hydrogens (primary N) is 1. The predicted molar refractivity (Wildman–Crippen MR) is 57.9 cm³/mol. The molecular formula is C10H15F3N4O. The van der Waals surface area contributed by atoms with Gasteiger partial charge < -0.3 is 10.5 Å². The van der Waals surface area contributed by atoms with Gasteiger partial charge in [-0.3, -0.25) is 0 Å². The Labute approximate surface area is 102 Å². The summed E-state index contributed by atoms with van der Waals surface area (Å²) >= 11 is 0. The van der Waals surface area contributed by atoms with Gasteiger partial charge in [-0.25, -0.2) is 4.68 Å². The topological polar surface area (TPSA) is 66.0 Å². The van der Waals surface area contributed by atoms with Gasteiger partial charge >= 0.3 is 6.18 Å². The van der Waals surface area contributed by atoms with Crippen LogP contribution in [0, 0.1) is 0 Å². The number of aromatic nitrogens is 3. The van der Waals surface area contributed by atoms with Crippen molar-refractivity contribution in [1.82, 2.24) is 15.0 Å². The molecule has 0 bridgehead atoms. The average Bonchev–Trinajstić information content (AvgIpc) is 3.02. The van der Waals surface area contributed by atoms with E-state index in [1.165, 1.54) is 0 Å². The molecule has 2 rings (SSSR count). The first-order valence-electron chi connectivity index (χ1n) is 5.81. The van der Waals surface area contributed by atoms with Crippen molar-refractivity contribution in [3.8, 4) is 0 Å². The van der Waals surface area contributed by atoms with Gasteiger partial charge in [0.25, 0.3) is 0 Å². The molecule has 0 spiro atoms. The molecule has 1 aromatic heterocycles. The molecule has 0 atom stereocenters. The van der Waals surface area contributed by atoms with E-state index in [1.807, 2.05) is 0 Å². The third-order valence-corrected chi connectivity index (χ3v) is 2.69. The molecule has 0 radical (unpaired) electrons. The summed E-state index contributed by atoms with van der Waals surface area (Å²) in [5, 5.41) is 7.67. The second-order valence-electron chi connectivity index (χ2n) is 4.38. The Morgan fingerprint density at radius 1 is 1.39 bits per heavy atom. The van der Waals surface area contributed by atoms with E-state index in [4.69, 9.17) is 5.73 Å². The standard InChI is InChI=1S/C10H15F3N4O/c11-10(12,13)6-18-5-1-4-17-8(7-2-3-7)9(14)15-16-17/h7H,1-6,14H2. The van der Waals surface area contributed by atoms with Crippen molar-refractivity contribution >= 4 is 5.82 Å². The zero-order chi connectivity index (χ0) is 13.2. The molecule has 1 fully saturated rings. The number of nitrogens with zero attached hydrogens (tertiary/aromatic N) is 3. The fourth-order valence-electron chi connectivity index (χ4n) is 1.78. The fraction of sp³-hybridized carbons (Fsp3) is 0.800. The Balaban J connectivity index is 1.74. The minimum atomic E-state index is -4.27. The highest BCUT2D eigenvalue weighted by atomic mass is 19.4. The van der Waals surface area contributed by atoms with E-state index >= 15 is 0 Å². The third kappa shape index (κ3) is 3.59. The van der Waals surface area contributed by atoms with Gasteiger partial charge in [0.15, 0.2) is 5.82 Å². The maximum atomic E-state index is 11.8. The van der Waals surface area contributed by atoms with Crippen LogP contribution in [-0.2, 0) is 11.3 Å². The first-order valence-corrected chi connectivity index (χ1v) is 5.81. The number of ether oxygens (including phenoxy) is 1. The second kappa shape index (κ2) is 5.13. The SMILES string of the molecule is Nc1nnn(CCCOCC(F)(F)F)c1C1CC1. The van der Waals surface area contributed by atoms with Crippen molar-refractivity contribution in [2.75, 3.05) is 18.9 Å². The van der Waals surface area contributed by atoms with Crippen molar-refractivity contribution in [2.45, 2.75) is 37.9 Å². The van der Waals surface area contributed by atoms with Crippen LogP contribution in [0.2, 0.25) is 0 Å². The number of aryl methyl sites for hydroxylation is 1. The second-order valence-corrected chi connectivity index (χ2v) is 4.38. The minimum Gasteiger partial charge on any atom is -0.381 e. The molecule has 1 heterocycles. The molecule has 8 heteroatoms. The molecule has 18 heavy (non-hydrogen) atoms. The molecule has 1 saturated carbocycles. The van der Waals surface area contributed by atoms with Gasteiger partial charge in [0, 0.05) is 19.1 Å². The van der Waals surface area contributed by atoms with Crippen LogP contribution in [0.3, 0.4) is 0 Å². The maximum Gasteiger partial charge on any atom is 0.411 e. The number of alkyl halides is 3. The number of nitrogen functional groups attached to an aromatic ring is 1. The summed E-state index contributed by atoms with van der Waals surface area (Å²) < 4.78 is 41.7. The van der Waals surface area contributed by atoms with Gasteiger partial charge in [0.05, 0.1) is 5.69 Å². The van der Waals surface area contributed by atoms with Crippen LogP contribution in [0.1, 0.15) is 30.9 Å². The predicted octanol–water partition coefficient (Wildman–Crippen LogP) is 1.71. The average molecular weight is 264 g/mol. The van der Waals surface area contributed by atoms with Gasteiger partial charge in [-0.05, 0) is 19.3 Å². The number of hydrogen-bond acceptors (Lipinski definition) is 4. The Hall–Kier alpha value is -1.31. The summed E-state index contributed by atoms with van der Waals surface area (Å²) in [7, 11) is 0. The number of anilines is 1. The Kier molecular flexibility index (Phi) is 3.74. The normalized spacial score (nSPS) is 16.2. The smallest absolute Gasteiger partial charge is 0.381 e. The number of hydrogen-bond donors (Lipinski definition) is 1. The van der Waals surface area contributed by atoms with E-state index in [9.17, 15) is 13.2 Å². The van der Waals surface area contributed by atoms with Crippen LogP contribution in [0.4, 0.5) is 19.0 Å². The van der Waals surface area contributed by atoms with Crippen molar-refractivity contribution in [2.24, 2.45) is 0 Å². The summed E-state index contributed by atoms with van der Waals surface area (Å²) in [5.74, 6) is 0.838. The van der Waals surface area contributed by atoms with Gasteiger partial charge in [0.2, 0.25) is 0 Å². The lowest BCUT2D eigenvalue weighted by Crippen LogP contribution is -2.18. The van der Waals surface area contributed by atoms with Crippen molar-refractivity contribution in [1.29, 1.82) is 0 Å². The lowest BCUT2D eigenvalue weighted by Gasteiger charge is -2.08. The van der Waals surface area contributed by atoms with E-state index < -0.39 is 12.8 Å². The highest BCUT2D eigenvalue weighted by molar-refractivity contribution is 5.38. The van der Waals surface area contributed by atoms with Crippen LogP contribution >= 0.6 is 0 Å². The zero-order valence-electron chi connectivity index (χ0n) is 9.78. The first kappa shape index (κ1) is 13.1.